The molecular weight excluding hydrogens is 459 g/mol. The molecule has 0 aliphatic rings. The number of nitriles is 1. The van der Waals surface area contributed by atoms with Gasteiger partial charge in [0.2, 0.25) is 0 Å². The van der Waals surface area contributed by atoms with E-state index in [2.05, 4.69) is 5.32 Å². The Morgan fingerprint density at radius 1 is 1.15 bits per heavy atom. The third-order valence-corrected chi connectivity index (χ3v) is 4.91. The lowest BCUT2D eigenvalue weighted by Crippen LogP contribution is -2.13. The van der Waals surface area contributed by atoms with Crippen LogP contribution >= 0.6 is 11.6 Å². The number of rotatable bonds is 9. The number of anilines is 1. The fourth-order valence-corrected chi connectivity index (χ4v) is 3.32. The Balaban J connectivity index is 1.79. The number of carbonyl (C=O) groups is 1. The second kappa shape index (κ2) is 11.7. The van der Waals surface area contributed by atoms with Crippen molar-refractivity contribution >= 4 is 29.3 Å². The fraction of sp³-hybridized carbons (Fsp3) is 0.154. The molecule has 0 radical (unpaired) electrons. The number of methoxy groups -OCH3 is 1. The van der Waals surface area contributed by atoms with E-state index >= 15 is 0 Å². The first-order valence-corrected chi connectivity index (χ1v) is 10.7. The number of benzene rings is 3. The van der Waals surface area contributed by atoms with Crippen LogP contribution in [0, 0.1) is 17.1 Å². The molecule has 0 heterocycles. The van der Waals surface area contributed by atoms with Gasteiger partial charge in [-0.3, -0.25) is 4.79 Å². The molecule has 0 spiro atoms. The van der Waals surface area contributed by atoms with Gasteiger partial charge in [-0.05, 0) is 60.5 Å². The van der Waals surface area contributed by atoms with Gasteiger partial charge in [-0.2, -0.15) is 5.26 Å². The molecule has 3 rings (SSSR count). The van der Waals surface area contributed by atoms with Crippen molar-refractivity contribution in [3.05, 3.63) is 88.2 Å². The maximum atomic E-state index is 13.1. The van der Waals surface area contributed by atoms with Crippen LogP contribution in [-0.4, -0.2) is 19.6 Å². The molecule has 0 aliphatic heterocycles. The lowest BCUT2D eigenvalue weighted by Gasteiger charge is -2.14. The molecule has 34 heavy (non-hydrogen) atoms. The van der Waals surface area contributed by atoms with E-state index in [1.807, 2.05) is 13.0 Å². The summed E-state index contributed by atoms with van der Waals surface area (Å²) in [4.78, 5) is 12.6. The molecule has 0 unspecified atom stereocenters. The summed E-state index contributed by atoms with van der Waals surface area (Å²) in [5.74, 6) is 0.303. The summed E-state index contributed by atoms with van der Waals surface area (Å²) in [5.41, 5.74) is 1.60. The van der Waals surface area contributed by atoms with Crippen molar-refractivity contribution in [1.82, 2.24) is 0 Å². The summed E-state index contributed by atoms with van der Waals surface area (Å²) >= 11 is 6.40. The standard InChI is InChI=1S/C26H22ClFN2O4/c1-3-33-22-6-4-5-21(14-22)30-26(31)19(15-29)11-18-12-23(27)25(24(13-18)32-2)34-16-17-7-9-20(28)10-8-17/h4-14H,3,16H2,1-2H3,(H,30,31)/b19-11-. The Morgan fingerprint density at radius 2 is 1.91 bits per heavy atom. The normalized spacial score (nSPS) is 10.9. The van der Waals surface area contributed by atoms with Gasteiger partial charge in [0, 0.05) is 11.8 Å². The van der Waals surface area contributed by atoms with E-state index in [4.69, 9.17) is 25.8 Å². The number of hydrogen-bond acceptors (Lipinski definition) is 5. The molecule has 3 aromatic carbocycles. The third-order valence-electron chi connectivity index (χ3n) is 4.63. The zero-order valence-electron chi connectivity index (χ0n) is 18.6. The molecule has 0 saturated carbocycles. The Labute approximate surface area is 202 Å². The van der Waals surface area contributed by atoms with E-state index in [0.717, 1.165) is 5.56 Å². The first kappa shape index (κ1) is 24.6. The van der Waals surface area contributed by atoms with Crippen LogP contribution in [0.2, 0.25) is 5.02 Å². The summed E-state index contributed by atoms with van der Waals surface area (Å²) in [5, 5.41) is 12.5. The zero-order valence-corrected chi connectivity index (χ0v) is 19.4. The molecule has 1 N–H and O–H groups in total. The predicted molar refractivity (Wildman–Crippen MR) is 129 cm³/mol. The van der Waals surface area contributed by atoms with Crippen LogP contribution in [0.1, 0.15) is 18.1 Å². The van der Waals surface area contributed by atoms with Crippen LogP contribution in [0.5, 0.6) is 17.2 Å². The van der Waals surface area contributed by atoms with Crippen LogP contribution in [-0.2, 0) is 11.4 Å². The molecule has 0 aromatic heterocycles. The molecule has 0 bridgehead atoms. The van der Waals surface area contributed by atoms with Crippen molar-refractivity contribution in [2.45, 2.75) is 13.5 Å². The predicted octanol–water partition coefficient (Wildman–Crippen LogP) is 6.01. The van der Waals surface area contributed by atoms with Gasteiger partial charge < -0.3 is 19.5 Å². The van der Waals surface area contributed by atoms with Crippen LogP contribution < -0.4 is 19.5 Å². The van der Waals surface area contributed by atoms with Crippen molar-refractivity contribution in [3.63, 3.8) is 0 Å². The second-order valence-corrected chi connectivity index (χ2v) is 7.44. The smallest absolute Gasteiger partial charge is 0.266 e. The second-order valence-electron chi connectivity index (χ2n) is 7.03. The van der Waals surface area contributed by atoms with E-state index < -0.39 is 5.91 Å². The molecular formula is C26H22ClFN2O4. The van der Waals surface area contributed by atoms with E-state index in [-0.39, 0.29) is 23.0 Å². The van der Waals surface area contributed by atoms with E-state index in [9.17, 15) is 14.4 Å². The van der Waals surface area contributed by atoms with E-state index in [1.54, 1.807) is 48.5 Å². The highest BCUT2D eigenvalue weighted by Crippen LogP contribution is 2.37. The number of hydrogen-bond donors (Lipinski definition) is 1. The van der Waals surface area contributed by atoms with Crippen LogP contribution in [0.15, 0.2) is 66.2 Å². The van der Waals surface area contributed by atoms with Gasteiger partial charge in [0.15, 0.2) is 11.5 Å². The average molecular weight is 481 g/mol. The summed E-state index contributed by atoms with van der Waals surface area (Å²) in [6.45, 7) is 2.51. The maximum absolute atomic E-state index is 13.1. The van der Waals surface area contributed by atoms with E-state index in [0.29, 0.717) is 35.1 Å². The third kappa shape index (κ3) is 6.50. The molecule has 0 atom stereocenters. The topological polar surface area (TPSA) is 80.6 Å². The lowest BCUT2D eigenvalue weighted by molar-refractivity contribution is -0.112. The Bertz CT molecular complexity index is 1240. The molecule has 0 aliphatic carbocycles. The molecule has 0 saturated heterocycles. The first-order valence-electron chi connectivity index (χ1n) is 10.3. The van der Waals surface area contributed by atoms with Gasteiger partial charge in [-0.1, -0.05) is 29.8 Å². The molecule has 6 nitrogen and oxygen atoms in total. The summed E-state index contributed by atoms with van der Waals surface area (Å²) < 4.78 is 29.7. The van der Waals surface area contributed by atoms with Gasteiger partial charge in [0.25, 0.3) is 5.91 Å². The van der Waals surface area contributed by atoms with Crippen molar-refractivity contribution < 1.29 is 23.4 Å². The van der Waals surface area contributed by atoms with Gasteiger partial charge in [-0.15, -0.1) is 0 Å². The summed E-state index contributed by atoms with van der Waals surface area (Å²) in [6.07, 6.45) is 1.40. The molecule has 3 aromatic rings. The first-order chi connectivity index (χ1) is 16.4. The van der Waals surface area contributed by atoms with Crippen molar-refractivity contribution in [2.75, 3.05) is 19.0 Å². The lowest BCUT2D eigenvalue weighted by atomic mass is 10.1. The highest BCUT2D eigenvalue weighted by molar-refractivity contribution is 6.32. The highest BCUT2D eigenvalue weighted by Gasteiger charge is 2.15. The van der Waals surface area contributed by atoms with Crippen molar-refractivity contribution in [3.8, 4) is 23.3 Å². The number of amides is 1. The van der Waals surface area contributed by atoms with Crippen molar-refractivity contribution in [2.24, 2.45) is 0 Å². The summed E-state index contributed by atoms with van der Waals surface area (Å²) in [7, 11) is 1.45. The summed E-state index contributed by atoms with van der Waals surface area (Å²) in [6, 6.07) is 17.8. The SMILES string of the molecule is CCOc1cccc(NC(=O)/C(C#N)=C\c2cc(Cl)c(OCc3ccc(F)cc3)c(OC)c2)c1. The number of carbonyl (C=O) groups excluding carboxylic acids is 1. The van der Waals surface area contributed by atoms with Gasteiger partial charge in [0.05, 0.1) is 18.7 Å². The Hall–Kier alpha value is -4.02. The zero-order chi connectivity index (χ0) is 24.5. The average Bonchev–Trinajstić information content (AvgIpc) is 2.83. The largest absolute Gasteiger partial charge is 0.494 e. The molecule has 8 heteroatoms. The Morgan fingerprint density at radius 3 is 2.59 bits per heavy atom. The molecule has 1 amide bonds. The molecule has 174 valence electrons. The maximum Gasteiger partial charge on any atom is 0.266 e. The Kier molecular flexibility index (Phi) is 8.49. The number of nitrogens with zero attached hydrogens (tertiary/aromatic N) is 1. The number of halogens is 2. The monoisotopic (exact) mass is 480 g/mol. The van der Waals surface area contributed by atoms with Gasteiger partial charge in [0.1, 0.15) is 29.8 Å². The van der Waals surface area contributed by atoms with Crippen molar-refractivity contribution in [1.29, 1.82) is 5.26 Å². The number of nitrogens with one attached hydrogen (secondary N) is 1. The van der Waals surface area contributed by atoms with Crippen LogP contribution in [0.3, 0.4) is 0 Å². The minimum absolute atomic E-state index is 0.125. The minimum atomic E-state index is -0.581. The highest BCUT2D eigenvalue weighted by atomic mass is 35.5. The van der Waals surface area contributed by atoms with Crippen LogP contribution in [0.4, 0.5) is 10.1 Å². The van der Waals surface area contributed by atoms with Gasteiger partial charge in [-0.25, -0.2) is 4.39 Å². The minimum Gasteiger partial charge on any atom is -0.494 e. The van der Waals surface area contributed by atoms with Gasteiger partial charge >= 0.3 is 0 Å². The number of ether oxygens (including phenoxy) is 3. The van der Waals surface area contributed by atoms with E-state index in [1.165, 1.54) is 25.3 Å². The quantitative estimate of drug-likeness (QED) is 0.299. The fourth-order valence-electron chi connectivity index (χ4n) is 3.04. The van der Waals surface area contributed by atoms with Crippen LogP contribution in [0.25, 0.3) is 6.08 Å². The molecule has 0 fully saturated rings.